The zero-order chi connectivity index (χ0) is 12.0. The monoisotopic (exact) mass is 228 g/mol. The topological polar surface area (TPSA) is 41.6 Å². The van der Waals surface area contributed by atoms with Crippen molar-refractivity contribution in [2.75, 3.05) is 39.8 Å². The van der Waals surface area contributed by atoms with Crippen molar-refractivity contribution in [2.24, 2.45) is 5.41 Å². The Balaban J connectivity index is 2.19. The molecule has 4 heteroatoms. The molecule has 1 aliphatic heterocycles. The quantitative estimate of drug-likeness (QED) is 0.709. The van der Waals surface area contributed by atoms with Crippen LogP contribution in [0.5, 0.6) is 0 Å². The van der Waals surface area contributed by atoms with E-state index in [9.17, 15) is 4.79 Å². The number of esters is 1. The highest BCUT2D eigenvalue weighted by molar-refractivity contribution is 5.71. The summed E-state index contributed by atoms with van der Waals surface area (Å²) in [6, 6.07) is 0. The van der Waals surface area contributed by atoms with Gasteiger partial charge >= 0.3 is 5.97 Å². The molecule has 94 valence electrons. The molecule has 1 aliphatic rings. The molecule has 1 rings (SSSR count). The highest BCUT2D eigenvalue weighted by Gasteiger charge is 2.28. The zero-order valence-corrected chi connectivity index (χ0v) is 10.7. The minimum absolute atomic E-state index is 0.154. The molecule has 0 atom stereocenters. The van der Waals surface area contributed by atoms with Gasteiger partial charge in [0.15, 0.2) is 0 Å². The van der Waals surface area contributed by atoms with Gasteiger partial charge in [0.25, 0.3) is 0 Å². The summed E-state index contributed by atoms with van der Waals surface area (Å²) < 4.78 is 4.87. The lowest BCUT2D eigenvalue weighted by Crippen LogP contribution is -2.43. The molecule has 0 bridgehead atoms. The van der Waals surface area contributed by atoms with E-state index < -0.39 is 0 Å². The van der Waals surface area contributed by atoms with Gasteiger partial charge in [0.05, 0.1) is 13.2 Å². The van der Waals surface area contributed by atoms with Crippen LogP contribution in [0.1, 0.15) is 26.7 Å². The average Bonchev–Trinajstić information content (AvgIpc) is 2.23. The second-order valence-electron chi connectivity index (χ2n) is 5.02. The van der Waals surface area contributed by atoms with E-state index in [1.165, 1.54) is 12.8 Å². The van der Waals surface area contributed by atoms with Gasteiger partial charge in [-0.3, -0.25) is 4.79 Å². The van der Waals surface area contributed by atoms with E-state index in [1.807, 2.05) is 6.92 Å². The summed E-state index contributed by atoms with van der Waals surface area (Å²) in [6.07, 6.45) is 2.39. The molecule has 0 aromatic carbocycles. The Morgan fingerprint density at radius 1 is 1.44 bits per heavy atom. The van der Waals surface area contributed by atoms with Crippen molar-refractivity contribution < 1.29 is 9.53 Å². The predicted molar refractivity (Wildman–Crippen MR) is 64.3 cm³/mol. The number of rotatable bonds is 5. The maximum atomic E-state index is 11.1. The van der Waals surface area contributed by atoms with Gasteiger partial charge in [-0.15, -0.1) is 0 Å². The molecule has 16 heavy (non-hydrogen) atoms. The Morgan fingerprint density at radius 2 is 2.06 bits per heavy atom. The fourth-order valence-electron chi connectivity index (χ4n) is 2.01. The first-order chi connectivity index (χ1) is 7.56. The molecule has 1 saturated heterocycles. The van der Waals surface area contributed by atoms with Crippen molar-refractivity contribution in [2.45, 2.75) is 26.7 Å². The molecule has 1 heterocycles. The van der Waals surface area contributed by atoms with Crippen LogP contribution < -0.4 is 5.32 Å². The van der Waals surface area contributed by atoms with Gasteiger partial charge < -0.3 is 15.0 Å². The predicted octanol–water partition coefficient (Wildman–Crippen LogP) is 0.871. The molecule has 0 spiro atoms. The molecule has 0 unspecified atom stereocenters. The number of nitrogens with zero attached hydrogens (tertiary/aromatic N) is 1. The van der Waals surface area contributed by atoms with Crippen LogP contribution in [-0.2, 0) is 9.53 Å². The van der Waals surface area contributed by atoms with E-state index >= 15 is 0 Å². The van der Waals surface area contributed by atoms with Crippen LogP contribution in [0, 0.1) is 5.41 Å². The third kappa shape index (κ3) is 4.49. The van der Waals surface area contributed by atoms with Crippen molar-refractivity contribution in [1.82, 2.24) is 10.2 Å². The van der Waals surface area contributed by atoms with Crippen molar-refractivity contribution >= 4 is 5.97 Å². The third-order valence-corrected chi connectivity index (χ3v) is 3.32. The lowest BCUT2D eigenvalue weighted by atomic mass is 9.80. The normalized spacial score (nSPS) is 20.7. The Labute approximate surface area is 98.3 Å². The fraction of sp³-hybridized carbons (Fsp3) is 0.917. The van der Waals surface area contributed by atoms with Crippen molar-refractivity contribution in [3.8, 4) is 0 Å². The molecular formula is C12H24N2O2. The van der Waals surface area contributed by atoms with Gasteiger partial charge in [-0.1, -0.05) is 6.92 Å². The molecule has 4 nitrogen and oxygen atoms in total. The number of carbonyl (C=O) groups is 1. The van der Waals surface area contributed by atoms with E-state index in [0.717, 1.165) is 19.6 Å². The number of likely N-dealkylation sites (tertiary alicyclic amines) is 1. The molecule has 0 radical (unpaired) electrons. The van der Waals surface area contributed by atoms with Gasteiger partial charge in [0, 0.05) is 6.54 Å². The maximum absolute atomic E-state index is 11.1. The van der Waals surface area contributed by atoms with E-state index in [2.05, 4.69) is 24.2 Å². The average molecular weight is 228 g/mol. The Morgan fingerprint density at radius 3 is 2.62 bits per heavy atom. The van der Waals surface area contributed by atoms with Crippen LogP contribution in [0.15, 0.2) is 0 Å². The number of nitrogens with one attached hydrogen (secondary N) is 1. The summed E-state index contributed by atoms with van der Waals surface area (Å²) in [5, 5.41) is 3.20. The molecule has 0 aliphatic carbocycles. The van der Waals surface area contributed by atoms with Crippen LogP contribution in [0.25, 0.3) is 0 Å². The lowest BCUT2D eigenvalue weighted by molar-refractivity contribution is -0.142. The van der Waals surface area contributed by atoms with Crippen LogP contribution in [0.2, 0.25) is 0 Å². The number of hydrogen-bond acceptors (Lipinski definition) is 4. The minimum atomic E-state index is -0.154. The SMILES string of the molecule is CCOC(=O)CNCC1(C)CCN(C)CC1. The van der Waals surface area contributed by atoms with E-state index in [-0.39, 0.29) is 5.97 Å². The Kier molecular flexibility index (Phi) is 5.22. The Hall–Kier alpha value is -0.610. The first-order valence-electron chi connectivity index (χ1n) is 6.11. The molecule has 1 fully saturated rings. The van der Waals surface area contributed by atoms with Crippen molar-refractivity contribution in [1.29, 1.82) is 0 Å². The molecule has 1 N–H and O–H groups in total. The summed E-state index contributed by atoms with van der Waals surface area (Å²) in [7, 11) is 2.16. The van der Waals surface area contributed by atoms with E-state index in [4.69, 9.17) is 4.74 Å². The van der Waals surface area contributed by atoms with Gasteiger partial charge in [-0.05, 0) is 45.3 Å². The number of ether oxygens (including phenoxy) is 1. The van der Waals surface area contributed by atoms with Gasteiger partial charge in [-0.2, -0.15) is 0 Å². The van der Waals surface area contributed by atoms with E-state index in [1.54, 1.807) is 0 Å². The van der Waals surface area contributed by atoms with Crippen molar-refractivity contribution in [3.63, 3.8) is 0 Å². The maximum Gasteiger partial charge on any atom is 0.319 e. The Bertz CT molecular complexity index is 223. The second-order valence-corrected chi connectivity index (χ2v) is 5.02. The van der Waals surface area contributed by atoms with Crippen LogP contribution in [0.3, 0.4) is 0 Å². The smallest absolute Gasteiger partial charge is 0.319 e. The first kappa shape index (κ1) is 13.5. The summed E-state index contributed by atoms with van der Waals surface area (Å²) in [6.45, 7) is 8.12. The molecule has 0 aromatic rings. The van der Waals surface area contributed by atoms with Crippen LogP contribution in [-0.4, -0.2) is 50.7 Å². The highest BCUT2D eigenvalue weighted by Crippen LogP contribution is 2.29. The summed E-state index contributed by atoms with van der Waals surface area (Å²) in [5.74, 6) is -0.154. The summed E-state index contributed by atoms with van der Waals surface area (Å²) in [5.41, 5.74) is 0.332. The first-order valence-corrected chi connectivity index (χ1v) is 6.11. The summed E-state index contributed by atoms with van der Waals surface area (Å²) in [4.78, 5) is 13.5. The van der Waals surface area contributed by atoms with Crippen LogP contribution in [0.4, 0.5) is 0 Å². The van der Waals surface area contributed by atoms with Crippen LogP contribution >= 0.6 is 0 Å². The van der Waals surface area contributed by atoms with E-state index in [0.29, 0.717) is 18.6 Å². The molecular weight excluding hydrogens is 204 g/mol. The summed E-state index contributed by atoms with van der Waals surface area (Å²) >= 11 is 0. The van der Waals surface area contributed by atoms with Gasteiger partial charge in [0.1, 0.15) is 0 Å². The standard InChI is InChI=1S/C12H24N2O2/c1-4-16-11(15)9-13-10-12(2)5-7-14(3)8-6-12/h13H,4-10H2,1-3H3. The lowest BCUT2D eigenvalue weighted by Gasteiger charge is -2.38. The minimum Gasteiger partial charge on any atom is -0.465 e. The number of piperidine rings is 1. The molecule has 0 aromatic heterocycles. The third-order valence-electron chi connectivity index (χ3n) is 3.32. The largest absolute Gasteiger partial charge is 0.465 e. The van der Waals surface area contributed by atoms with Crippen molar-refractivity contribution in [3.05, 3.63) is 0 Å². The number of hydrogen-bond donors (Lipinski definition) is 1. The highest BCUT2D eigenvalue weighted by atomic mass is 16.5. The van der Waals surface area contributed by atoms with Gasteiger partial charge in [-0.25, -0.2) is 0 Å². The second kappa shape index (κ2) is 6.21. The molecule has 0 amide bonds. The molecule has 0 saturated carbocycles. The number of carbonyl (C=O) groups excluding carboxylic acids is 1. The fourth-order valence-corrected chi connectivity index (χ4v) is 2.01. The van der Waals surface area contributed by atoms with Gasteiger partial charge in [0.2, 0.25) is 0 Å². The zero-order valence-electron chi connectivity index (χ0n) is 10.7.